The van der Waals surface area contributed by atoms with E-state index in [1.165, 1.54) is 0 Å². The first-order chi connectivity index (χ1) is 18.6. The van der Waals surface area contributed by atoms with E-state index in [0.29, 0.717) is 25.4 Å². The highest BCUT2D eigenvalue weighted by molar-refractivity contribution is 8.00. The number of aryl methyl sites for hydroxylation is 1. The van der Waals surface area contributed by atoms with Crippen LogP contribution in [0.15, 0.2) is 72.1 Å². The largest absolute Gasteiger partial charge is 0.385 e. The Morgan fingerprint density at radius 2 is 1.97 bits per heavy atom. The summed E-state index contributed by atoms with van der Waals surface area (Å²) < 4.78 is 6.93. The number of thioether (sulfide) groups is 1. The van der Waals surface area contributed by atoms with Crippen LogP contribution in [0.25, 0.3) is 16.9 Å². The van der Waals surface area contributed by atoms with Gasteiger partial charge in [0.05, 0.1) is 22.4 Å². The third kappa shape index (κ3) is 5.55. The van der Waals surface area contributed by atoms with Crippen LogP contribution in [0.1, 0.15) is 27.7 Å². The van der Waals surface area contributed by atoms with E-state index in [2.05, 4.69) is 16.8 Å². The number of aromatic nitrogens is 2. The Bertz CT molecular complexity index is 1400. The molecule has 0 unspecified atom stereocenters. The molecule has 9 heteroatoms. The Labute approximate surface area is 230 Å². The molecular formula is C29H30N4O3S2. The molecule has 0 fully saturated rings. The highest BCUT2D eigenvalue weighted by Crippen LogP contribution is 2.49. The van der Waals surface area contributed by atoms with Gasteiger partial charge in [0.25, 0.3) is 0 Å². The Balaban J connectivity index is 1.69. The van der Waals surface area contributed by atoms with Gasteiger partial charge in [0.2, 0.25) is 11.8 Å². The van der Waals surface area contributed by atoms with Gasteiger partial charge in [-0.2, -0.15) is 5.10 Å². The van der Waals surface area contributed by atoms with Crippen molar-refractivity contribution < 1.29 is 14.3 Å². The van der Waals surface area contributed by atoms with Crippen LogP contribution in [0.4, 0.5) is 5.82 Å². The number of rotatable bonds is 9. The van der Waals surface area contributed by atoms with E-state index in [0.717, 1.165) is 32.9 Å². The van der Waals surface area contributed by atoms with Crippen molar-refractivity contribution in [1.29, 1.82) is 0 Å². The van der Waals surface area contributed by atoms with Crippen molar-refractivity contribution in [3.63, 3.8) is 0 Å². The number of ether oxygens (including phenoxy) is 1. The molecular weight excluding hydrogens is 516 g/mol. The number of amides is 2. The molecule has 1 N–H and O–H groups in total. The second-order valence-corrected chi connectivity index (χ2v) is 11.2. The van der Waals surface area contributed by atoms with Gasteiger partial charge in [0.15, 0.2) is 0 Å². The van der Waals surface area contributed by atoms with Crippen molar-refractivity contribution >= 4 is 40.7 Å². The van der Waals surface area contributed by atoms with Crippen LogP contribution in [-0.2, 0) is 14.3 Å². The highest BCUT2D eigenvalue weighted by Gasteiger charge is 2.38. The lowest BCUT2D eigenvalue weighted by atomic mass is 10.0. The summed E-state index contributed by atoms with van der Waals surface area (Å²) in [6.07, 6.45) is 0.705. The third-order valence-corrected chi connectivity index (χ3v) is 8.66. The minimum absolute atomic E-state index is 0.0811. The van der Waals surface area contributed by atoms with E-state index >= 15 is 0 Å². The SMILES string of the molecule is COCCCNC(=O)CN1C(=O)CS[C@H](c2cccs2)c2c(-c3ccccc3)nn(-c3cccc(C)c3)c21. The summed E-state index contributed by atoms with van der Waals surface area (Å²) in [7, 11) is 1.64. The average molecular weight is 547 g/mol. The first-order valence-corrected chi connectivity index (χ1v) is 14.5. The van der Waals surface area contributed by atoms with E-state index in [9.17, 15) is 9.59 Å². The maximum absolute atomic E-state index is 13.7. The quantitative estimate of drug-likeness (QED) is 0.291. The molecule has 38 heavy (non-hydrogen) atoms. The summed E-state index contributed by atoms with van der Waals surface area (Å²) in [6, 6.07) is 22.2. The zero-order valence-electron chi connectivity index (χ0n) is 21.4. The van der Waals surface area contributed by atoms with Gasteiger partial charge in [0.1, 0.15) is 12.4 Å². The smallest absolute Gasteiger partial charge is 0.240 e. The third-order valence-electron chi connectivity index (χ3n) is 6.33. The number of thiophene rings is 1. The van der Waals surface area contributed by atoms with Crippen LogP contribution < -0.4 is 10.2 Å². The zero-order valence-corrected chi connectivity index (χ0v) is 23.1. The number of methoxy groups -OCH3 is 1. The Morgan fingerprint density at radius 1 is 1.13 bits per heavy atom. The topological polar surface area (TPSA) is 76.5 Å². The number of nitrogens with zero attached hydrogens (tertiary/aromatic N) is 3. The molecule has 5 rings (SSSR count). The number of anilines is 1. The van der Waals surface area contributed by atoms with Gasteiger partial charge >= 0.3 is 0 Å². The summed E-state index contributed by atoms with van der Waals surface area (Å²) in [5.74, 6) is 0.583. The first kappa shape index (κ1) is 26.2. The molecule has 1 aliphatic heterocycles. The van der Waals surface area contributed by atoms with E-state index < -0.39 is 0 Å². The number of carbonyl (C=O) groups is 2. The molecule has 196 valence electrons. The summed E-state index contributed by atoms with van der Waals surface area (Å²) in [6.45, 7) is 3.00. The summed E-state index contributed by atoms with van der Waals surface area (Å²) in [5, 5.41) is 10.0. The second kappa shape index (κ2) is 12.0. The van der Waals surface area contributed by atoms with Crippen molar-refractivity contribution in [3.8, 4) is 16.9 Å². The average Bonchev–Trinajstić information content (AvgIpc) is 3.57. The van der Waals surface area contributed by atoms with Gasteiger partial charge in [-0.25, -0.2) is 4.68 Å². The molecule has 0 bridgehead atoms. The molecule has 2 amide bonds. The molecule has 1 atom stereocenters. The maximum atomic E-state index is 13.7. The normalized spacial score (nSPS) is 15.3. The molecule has 3 heterocycles. The molecule has 4 aromatic rings. The Kier molecular flexibility index (Phi) is 8.26. The molecule has 0 saturated heterocycles. The molecule has 2 aromatic heterocycles. The number of carbonyl (C=O) groups excluding carboxylic acids is 2. The van der Waals surface area contributed by atoms with Crippen LogP contribution in [-0.4, -0.2) is 54.2 Å². The van der Waals surface area contributed by atoms with Crippen LogP contribution >= 0.6 is 23.1 Å². The molecule has 1 aliphatic rings. The molecule has 0 spiro atoms. The Morgan fingerprint density at radius 3 is 2.71 bits per heavy atom. The minimum Gasteiger partial charge on any atom is -0.385 e. The number of benzene rings is 2. The standard InChI is InChI=1S/C29H30N4O3S2/c1-20-9-6-12-22(17-20)33-29-26(27(31-33)21-10-4-3-5-11-21)28(23-13-7-16-37-23)38-19-25(35)32(29)18-24(34)30-14-8-15-36-2/h3-7,9-13,16-17,28H,8,14-15,18-19H2,1-2H3,(H,30,34)/t28-/m1/s1. The minimum atomic E-state index is -0.210. The van der Waals surface area contributed by atoms with Gasteiger partial charge in [-0.05, 0) is 42.5 Å². The van der Waals surface area contributed by atoms with Crippen LogP contribution in [0, 0.1) is 6.92 Å². The predicted octanol–water partition coefficient (Wildman–Crippen LogP) is 5.23. The van der Waals surface area contributed by atoms with Gasteiger partial charge in [-0.1, -0.05) is 48.5 Å². The summed E-state index contributed by atoms with van der Waals surface area (Å²) >= 11 is 3.25. The number of fused-ring (bicyclic) bond motifs is 1. The predicted molar refractivity (Wildman–Crippen MR) is 154 cm³/mol. The second-order valence-electron chi connectivity index (χ2n) is 9.09. The fourth-order valence-electron chi connectivity index (χ4n) is 4.58. The van der Waals surface area contributed by atoms with Crippen LogP contribution in [0.2, 0.25) is 0 Å². The lowest BCUT2D eigenvalue weighted by Crippen LogP contribution is -2.42. The van der Waals surface area contributed by atoms with Crippen molar-refractivity contribution in [2.45, 2.75) is 18.6 Å². The van der Waals surface area contributed by atoms with Crippen molar-refractivity contribution in [2.75, 3.05) is 37.5 Å². The lowest BCUT2D eigenvalue weighted by Gasteiger charge is -2.23. The highest BCUT2D eigenvalue weighted by atomic mass is 32.2. The van der Waals surface area contributed by atoms with Gasteiger partial charge in [0, 0.05) is 36.3 Å². The first-order valence-electron chi connectivity index (χ1n) is 12.5. The lowest BCUT2D eigenvalue weighted by molar-refractivity contribution is -0.122. The Hall–Kier alpha value is -3.40. The number of hydrogen-bond acceptors (Lipinski definition) is 6. The maximum Gasteiger partial charge on any atom is 0.240 e. The molecule has 0 aliphatic carbocycles. The molecule has 0 saturated carbocycles. The van der Waals surface area contributed by atoms with E-state index in [-0.39, 0.29) is 29.4 Å². The van der Waals surface area contributed by atoms with Crippen molar-refractivity contribution in [1.82, 2.24) is 15.1 Å². The molecule has 0 radical (unpaired) electrons. The van der Waals surface area contributed by atoms with E-state index in [1.807, 2.05) is 72.3 Å². The fraction of sp³-hybridized carbons (Fsp3) is 0.276. The van der Waals surface area contributed by atoms with Crippen LogP contribution in [0.5, 0.6) is 0 Å². The van der Waals surface area contributed by atoms with Gasteiger partial charge in [-0.3, -0.25) is 14.5 Å². The summed E-state index contributed by atoms with van der Waals surface area (Å²) in [4.78, 5) is 29.5. The number of hydrogen-bond donors (Lipinski definition) is 1. The fourth-order valence-corrected chi connectivity index (χ4v) is 6.75. The monoisotopic (exact) mass is 546 g/mol. The summed E-state index contributed by atoms with van der Waals surface area (Å²) in [5.41, 5.74) is 4.66. The van der Waals surface area contributed by atoms with Crippen molar-refractivity contribution in [3.05, 3.63) is 88.1 Å². The zero-order chi connectivity index (χ0) is 26.5. The molecule has 7 nitrogen and oxygen atoms in total. The van der Waals surface area contributed by atoms with E-state index in [1.54, 1.807) is 35.1 Å². The number of nitrogens with one attached hydrogen (secondary N) is 1. The van der Waals surface area contributed by atoms with Gasteiger partial charge in [-0.15, -0.1) is 23.1 Å². The van der Waals surface area contributed by atoms with E-state index in [4.69, 9.17) is 9.84 Å². The van der Waals surface area contributed by atoms with Crippen LogP contribution in [0.3, 0.4) is 0 Å². The van der Waals surface area contributed by atoms with Gasteiger partial charge < -0.3 is 10.1 Å². The van der Waals surface area contributed by atoms with Crippen molar-refractivity contribution in [2.24, 2.45) is 0 Å². The molecule has 2 aromatic carbocycles.